The Labute approximate surface area is 106 Å². The number of nitrogens with zero attached hydrogens (tertiary/aromatic N) is 1. The van der Waals surface area contributed by atoms with E-state index >= 15 is 0 Å². The number of hydrogen-bond donors (Lipinski definition) is 2. The third kappa shape index (κ3) is 4.78. The Morgan fingerprint density at radius 1 is 1.41 bits per heavy atom. The molecule has 0 saturated heterocycles. The van der Waals surface area contributed by atoms with Gasteiger partial charge in [0.05, 0.1) is 6.61 Å². The van der Waals surface area contributed by atoms with Gasteiger partial charge >= 0.3 is 0 Å². The molecule has 2 unspecified atom stereocenters. The van der Waals surface area contributed by atoms with E-state index in [0.717, 1.165) is 25.6 Å². The molecule has 0 heterocycles. The average molecular weight is 240 g/mol. The van der Waals surface area contributed by atoms with Crippen molar-refractivity contribution in [2.45, 2.75) is 45.2 Å². The Kier molecular flexibility index (Phi) is 5.63. The van der Waals surface area contributed by atoms with Gasteiger partial charge in [0, 0.05) is 24.7 Å². The number of nitrogens with one attached hydrogen (secondary N) is 1. The van der Waals surface area contributed by atoms with Crippen LogP contribution in [0.2, 0.25) is 0 Å². The third-order valence-electron chi connectivity index (χ3n) is 3.49. The van der Waals surface area contributed by atoms with Crippen LogP contribution in [0.3, 0.4) is 0 Å². The number of aliphatic hydroxyl groups is 1. The Balaban J connectivity index is 2.39. The molecule has 0 aliphatic heterocycles. The summed E-state index contributed by atoms with van der Waals surface area (Å²) in [5.41, 5.74) is 0.195. The van der Waals surface area contributed by atoms with Gasteiger partial charge < -0.3 is 10.4 Å². The second-order valence-corrected chi connectivity index (χ2v) is 6.04. The van der Waals surface area contributed by atoms with Gasteiger partial charge in [0.25, 0.3) is 0 Å². The van der Waals surface area contributed by atoms with E-state index in [0.29, 0.717) is 6.04 Å². The molecule has 3 heteroatoms. The summed E-state index contributed by atoms with van der Waals surface area (Å²) in [6.07, 6.45) is 4.49. The van der Waals surface area contributed by atoms with Gasteiger partial charge in [0.15, 0.2) is 0 Å². The molecule has 0 aromatic carbocycles. The van der Waals surface area contributed by atoms with Crippen molar-refractivity contribution in [1.29, 1.82) is 0 Å². The van der Waals surface area contributed by atoms with Gasteiger partial charge in [-0.3, -0.25) is 4.90 Å². The summed E-state index contributed by atoms with van der Waals surface area (Å²) in [5, 5.41) is 12.7. The van der Waals surface area contributed by atoms with E-state index in [-0.39, 0.29) is 12.1 Å². The zero-order valence-corrected chi connectivity index (χ0v) is 11.6. The molecule has 2 atom stereocenters. The van der Waals surface area contributed by atoms with Crippen LogP contribution in [0.4, 0.5) is 0 Å². The van der Waals surface area contributed by atoms with Crippen LogP contribution in [0.25, 0.3) is 0 Å². The highest BCUT2D eigenvalue weighted by atomic mass is 16.3. The Bertz CT molecular complexity index is 235. The molecule has 0 aromatic rings. The molecule has 1 aliphatic carbocycles. The van der Waals surface area contributed by atoms with Crippen molar-refractivity contribution in [1.82, 2.24) is 10.2 Å². The van der Waals surface area contributed by atoms with E-state index in [2.05, 4.69) is 37.6 Å². The zero-order chi connectivity index (χ0) is 12.9. The molecule has 1 saturated carbocycles. The average Bonchev–Trinajstić information content (AvgIpc) is 2.15. The quantitative estimate of drug-likeness (QED) is 0.664. The topological polar surface area (TPSA) is 35.5 Å². The first-order valence-electron chi connectivity index (χ1n) is 6.69. The van der Waals surface area contributed by atoms with E-state index < -0.39 is 0 Å². The summed E-state index contributed by atoms with van der Waals surface area (Å²) >= 11 is 0. The van der Waals surface area contributed by atoms with Gasteiger partial charge in [0.2, 0.25) is 0 Å². The van der Waals surface area contributed by atoms with Gasteiger partial charge in [-0.25, -0.2) is 0 Å². The van der Waals surface area contributed by atoms with E-state index in [1.807, 2.05) is 6.08 Å². The van der Waals surface area contributed by atoms with Crippen LogP contribution in [0, 0.1) is 5.92 Å². The molecule has 3 nitrogen and oxygen atoms in total. The minimum absolute atomic E-state index is 0.195. The normalized spacial score (nSPS) is 24.8. The molecule has 100 valence electrons. The molecule has 17 heavy (non-hydrogen) atoms. The summed E-state index contributed by atoms with van der Waals surface area (Å²) in [6, 6.07) is 0.620. The van der Waals surface area contributed by atoms with E-state index in [1.54, 1.807) is 0 Å². The van der Waals surface area contributed by atoms with Gasteiger partial charge in [0.1, 0.15) is 0 Å². The number of rotatable bonds is 7. The third-order valence-corrected chi connectivity index (χ3v) is 3.49. The minimum Gasteiger partial charge on any atom is -0.395 e. The van der Waals surface area contributed by atoms with Gasteiger partial charge in [-0.05, 0) is 46.1 Å². The van der Waals surface area contributed by atoms with E-state index in [1.165, 1.54) is 12.8 Å². The van der Waals surface area contributed by atoms with Crippen molar-refractivity contribution >= 4 is 0 Å². The highest BCUT2D eigenvalue weighted by Gasteiger charge is 2.34. The summed E-state index contributed by atoms with van der Waals surface area (Å²) in [5.74, 6) is 0.723. The molecule has 0 radical (unpaired) electrons. The molecule has 2 N–H and O–H groups in total. The van der Waals surface area contributed by atoms with Crippen LogP contribution in [0.5, 0.6) is 0 Å². The molecule has 1 fully saturated rings. The van der Waals surface area contributed by atoms with E-state index in [4.69, 9.17) is 5.11 Å². The lowest BCUT2D eigenvalue weighted by Gasteiger charge is -2.45. The molecule has 0 bridgehead atoms. The highest BCUT2D eigenvalue weighted by molar-refractivity contribution is 4.93. The summed E-state index contributed by atoms with van der Waals surface area (Å²) in [4.78, 5) is 2.35. The summed E-state index contributed by atoms with van der Waals surface area (Å²) in [7, 11) is 0. The lowest BCUT2D eigenvalue weighted by molar-refractivity contribution is 0.0539. The van der Waals surface area contributed by atoms with Gasteiger partial charge in [-0.2, -0.15) is 0 Å². The molecule has 1 aliphatic rings. The fourth-order valence-corrected chi connectivity index (χ4v) is 2.39. The molecule has 0 spiro atoms. The number of aliphatic hydroxyl groups excluding tert-OH is 1. The van der Waals surface area contributed by atoms with Crippen molar-refractivity contribution in [2.24, 2.45) is 5.92 Å². The fraction of sp³-hybridized carbons (Fsp3) is 0.857. The molecule has 0 amide bonds. The standard InChI is InChI=1S/C14H28N2O/c1-5-8-16(9-10-17)13-7-6-12(13)11-15-14(2,3)4/h5,12-13,15,17H,1,6-11H2,2-4H3. The zero-order valence-electron chi connectivity index (χ0n) is 11.6. The number of hydrogen-bond acceptors (Lipinski definition) is 3. The van der Waals surface area contributed by atoms with Crippen LogP contribution in [-0.4, -0.2) is 47.8 Å². The largest absolute Gasteiger partial charge is 0.395 e. The lowest BCUT2D eigenvalue weighted by Crippen LogP contribution is -2.53. The molecular weight excluding hydrogens is 212 g/mol. The fourth-order valence-electron chi connectivity index (χ4n) is 2.39. The van der Waals surface area contributed by atoms with Crippen molar-refractivity contribution in [3.63, 3.8) is 0 Å². The summed E-state index contributed by atoms with van der Waals surface area (Å²) in [6.45, 7) is 13.4. The minimum atomic E-state index is 0.195. The Hall–Kier alpha value is -0.380. The van der Waals surface area contributed by atoms with Crippen LogP contribution >= 0.6 is 0 Å². The second kappa shape index (κ2) is 6.53. The van der Waals surface area contributed by atoms with Crippen molar-refractivity contribution < 1.29 is 5.11 Å². The summed E-state index contributed by atoms with van der Waals surface area (Å²) < 4.78 is 0. The monoisotopic (exact) mass is 240 g/mol. The second-order valence-electron chi connectivity index (χ2n) is 6.04. The Morgan fingerprint density at radius 3 is 2.53 bits per heavy atom. The maximum atomic E-state index is 9.09. The smallest absolute Gasteiger partial charge is 0.0558 e. The lowest BCUT2D eigenvalue weighted by atomic mass is 9.78. The van der Waals surface area contributed by atoms with Crippen LogP contribution in [0.1, 0.15) is 33.6 Å². The maximum absolute atomic E-state index is 9.09. The van der Waals surface area contributed by atoms with Crippen LogP contribution in [0.15, 0.2) is 12.7 Å². The predicted octanol–water partition coefficient (Wildman–Crippen LogP) is 1.63. The molecule has 1 rings (SSSR count). The first kappa shape index (κ1) is 14.7. The predicted molar refractivity (Wildman–Crippen MR) is 73.1 cm³/mol. The van der Waals surface area contributed by atoms with Crippen molar-refractivity contribution in [3.8, 4) is 0 Å². The maximum Gasteiger partial charge on any atom is 0.0558 e. The SMILES string of the molecule is C=CCN(CCO)C1CCC1CNC(C)(C)C. The van der Waals surface area contributed by atoms with Crippen LogP contribution < -0.4 is 5.32 Å². The highest BCUT2D eigenvalue weighted by Crippen LogP contribution is 2.31. The molecule has 0 aromatic heterocycles. The first-order valence-corrected chi connectivity index (χ1v) is 6.69. The van der Waals surface area contributed by atoms with Gasteiger partial charge in [-0.15, -0.1) is 6.58 Å². The first-order chi connectivity index (χ1) is 7.98. The van der Waals surface area contributed by atoms with Crippen LogP contribution in [-0.2, 0) is 0 Å². The van der Waals surface area contributed by atoms with E-state index in [9.17, 15) is 0 Å². The van der Waals surface area contributed by atoms with Gasteiger partial charge in [-0.1, -0.05) is 6.08 Å². The molecular formula is C14H28N2O. The van der Waals surface area contributed by atoms with Crippen molar-refractivity contribution in [2.75, 3.05) is 26.2 Å². The Morgan fingerprint density at radius 2 is 2.12 bits per heavy atom. The van der Waals surface area contributed by atoms with Crippen molar-refractivity contribution in [3.05, 3.63) is 12.7 Å².